The van der Waals surface area contributed by atoms with E-state index in [1.165, 1.54) is 10.5 Å². The van der Waals surface area contributed by atoms with Gasteiger partial charge in [-0.05, 0) is 30.9 Å². The van der Waals surface area contributed by atoms with Gasteiger partial charge in [0.2, 0.25) is 5.91 Å². The fourth-order valence-electron chi connectivity index (χ4n) is 3.30. The highest BCUT2D eigenvalue weighted by molar-refractivity contribution is 5.95. The highest BCUT2D eigenvalue weighted by Gasteiger charge is 2.30. The van der Waals surface area contributed by atoms with Crippen LogP contribution in [-0.2, 0) is 9.59 Å². The number of rotatable bonds is 4. The predicted molar refractivity (Wildman–Crippen MR) is 96.3 cm³/mol. The van der Waals surface area contributed by atoms with Crippen molar-refractivity contribution in [2.24, 2.45) is 0 Å². The average molecular weight is 332 g/mol. The molecule has 0 unspecified atom stereocenters. The van der Waals surface area contributed by atoms with Gasteiger partial charge < -0.3 is 15.1 Å². The van der Waals surface area contributed by atoms with E-state index in [1.54, 1.807) is 6.92 Å². The Kier molecular flexibility index (Phi) is 5.99. The second-order valence-corrected chi connectivity index (χ2v) is 7.07. The molecule has 1 aliphatic rings. The number of hydrogen-bond acceptors (Lipinski definition) is 2. The quantitative estimate of drug-likeness (QED) is 0.870. The highest BCUT2D eigenvalue weighted by atomic mass is 16.2. The van der Waals surface area contributed by atoms with E-state index in [1.807, 2.05) is 30.9 Å². The molecule has 0 aliphatic carbocycles. The van der Waals surface area contributed by atoms with Crippen LogP contribution in [0.5, 0.6) is 0 Å². The number of anilines is 1. The molecule has 1 heterocycles. The van der Waals surface area contributed by atoms with E-state index in [0.717, 1.165) is 37.4 Å². The summed E-state index contributed by atoms with van der Waals surface area (Å²) in [5, 5.41) is 3.15. The molecule has 1 atom stereocenters. The zero-order valence-electron chi connectivity index (χ0n) is 15.5. The summed E-state index contributed by atoms with van der Waals surface area (Å²) >= 11 is 0. The summed E-state index contributed by atoms with van der Waals surface area (Å²) in [5.41, 5.74) is 3.22. The third kappa shape index (κ3) is 4.15. The Morgan fingerprint density at radius 1 is 1.17 bits per heavy atom. The Morgan fingerprint density at radius 3 is 2.33 bits per heavy atom. The molecule has 1 fully saturated rings. The maximum atomic E-state index is 12.7. The fraction of sp³-hybridized carbons (Fsp3) is 0.579. The number of hydrogen-bond donors (Lipinski definition) is 2. The molecule has 0 bridgehead atoms. The van der Waals surface area contributed by atoms with Gasteiger partial charge in [0.05, 0.1) is 26.2 Å². The first kappa shape index (κ1) is 18.5. The number of aryl methyl sites for hydroxylation is 1. The van der Waals surface area contributed by atoms with E-state index >= 15 is 0 Å². The third-order valence-corrected chi connectivity index (χ3v) is 5.03. The zero-order chi connectivity index (χ0) is 17.9. The molecule has 0 spiro atoms. The SMILES string of the molecule is CC(=O)N1CC[NH+]([C@@H](C)C(=O)Nc2c(C)cccc2C(C)C)CC1. The van der Waals surface area contributed by atoms with Crippen molar-refractivity contribution >= 4 is 17.5 Å². The lowest BCUT2D eigenvalue weighted by molar-refractivity contribution is -0.917. The van der Waals surface area contributed by atoms with E-state index in [0.29, 0.717) is 5.92 Å². The summed E-state index contributed by atoms with van der Waals surface area (Å²) in [7, 11) is 0. The zero-order valence-corrected chi connectivity index (χ0v) is 15.5. The molecule has 0 aromatic heterocycles. The van der Waals surface area contributed by atoms with E-state index in [2.05, 4.69) is 25.2 Å². The van der Waals surface area contributed by atoms with Crippen molar-refractivity contribution < 1.29 is 14.5 Å². The molecule has 1 aromatic carbocycles. The van der Waals surface area contributed by atoms with Crippen molar-refractivity contribution in [3.05, 3.63) is 29.3 Å². The largest absolute Gasteiger partial charge is 0.332 e. The number of nitrogens with zero attached hydrogens (tertiary/aromatic N) is 1. The minimum Gasteiger partial charge on any atom is -0.332 e. The predicted octanol–water partition coefficient (Wildman–Crippen LogP) is 1.19. The smallest absolute Gasteiger partial charge is 0.282 e. The molecule has 1 aromatic rings. The highest BCUT2D eigenvalue weighted by Crippen LogP contribution is 2.27. The third-order valence-electron chi connectivity index (χ3n) is 5.03. The van der Waals surface area contributed by atoms with Crippen LogP contribution < -0.4 is 10.2 Å². The lowest BCUT2D eigenvalue weighted by Crippen LogP contribution is -3.19. The standard InChI is InChI=1S/C19H29N3O2/c1-13(2)17-8-6-7-14(3)18(17)20-19(24)15(4)21-9-11-22(12-10-21)16(5)23/h6-8,13,15H,9-12H2,1-5H3,(H,20,24)/p+1/t15-/m0/s1. The van der Waals surface area contributed by atoms with Gasteiger partial charge in [-0.3, -0.25) is 9.59 Å². The fourth-order valence-corrected chi connectivity index (χ4v) is 3.30. The van der Waals surface area contributed by atoms with Crippen molar-refractivity contribution in [2.75, 3.05) is 31.5 Å². The average Bonchev–Trinajstić information content (AvgIpc) is 2.55. The molecular weight excluding hydrogens is 302 g/mol. The van der Waals surface area contributed by atoms with Gasteiger partial charge in [0, 0.05) is 12.6 Å². The Morgan fingerprint density at radius 2 is 1.79 bits per heavy atom. The summed E-state index contributed by atoms with van der Waals surface area (Å²) in [5.74, 6) is 0.534. The number of para-hydroxylation sites is 1. The van der Waals surface area contributed by atoms with Gasteiger partial charge in [-0.15, -0.1) is 0 Å². The monoisotopic (exact) mass is 332 g/mol. The summed E-state index contributed by atoms with van der Waals surface area (Å²) in [6.07, 6.45) is 0. The number of carbonyl (C=O) groups is 2. The Balaban J connectivity index is 2.04. The van der Waals surface area contributed by atoms with Crippen LogP contribution in [0.1, 0.15) is 44.7 Å². The minimum atomic E-state index is -0.126. The van der Waals surface area contributed by atoms with E-state index in [9.17, 15) is 9.59 Å². The van der Waals surface area contributed by atoms with E-state index in [4.69, 9.17) is 0 Å². The first-order valence-corrected chi connectivity index (χ1v) is 8.81. The van der Waals surface area contributed by atoms with Crippen molar-refractivity contribution in [2.45, 2.75) is 46.6 Å². The Hall–Kier alpha value is -1.88. The molecule has 2 rings (SSSR count). The normalized spacial score (nSPS) is 17.0. The molecule has 132 valence electrons. The number of nitrogens with one attached hydrogen (secondary N) is 2. The molecule has 2 amide bonds. The molecule has 24 heavy (non-hydrogen) atoms. The first-order chi connectivity index (χ1) is 11.3. The number of carbonyl (C=O) groups excluding carboxylic acids is 2. The molecule has 0 radical (unpaired) electrons. The van der Waals surface area contributed by atoms with Gasteiger partial charge in [-0.2, -0.15) is 0 Å². The van der Waals surface area contributed by atoms with Crippen molar-refractivity contribution in [1.29, 1.82) is 0 Å². The van der Waals surface area contributed by atoms with E-state index < -0.39 is 0 Å². The van der Waals surface area contributed by atoms with Crippen molar-refractivity contribution in [1.82, 2.24) is 4.90 Å². The van der Waals surface area contributed by atoms with Gasteiger partial charge in [0.1, 0.15) is 0 Å². The lowest BCUT2D eigenvalue weighted by Gasteiger charge is -2.34. The Labute approximate surface area is 145 Å². The van der Waals surface area contributed by atoms with Crippen LogP contribution in [0.4, 0.5) is 5.69 Å². The topological polar surface area (TPSA) is 53.9 Å². The van der Waals surface area contributed by atoms with Crippen LogP contribution in [0.3, 0.4) is 0 Å². The number of piperazine rings is 1. The molecular formula is C19H30N3O2+. The maximum Gasteiger partial charge on any atom is 0.282 e. The summed E-state index contributed by atoms with van der Waals surface area (Å²) in [4.78, 5) is 27.3. The Bertz CT molecular complexity index is 605. The van der Waals surface area contributed by atoms with Crippen LogP contribution in [0.15, 0.2) is 18.2 Å². The first-order valence-electron chi connectivity index (χ1n) is 8.81. The number of quaternary nitrogens is 1. The van der Waals surface area contributed by atoms with Crippen LogP contribution in [0.25, 0.3) is 0 Å². The second kappa shape index (κ2) is 7.79. The number of benzene rings is 1. The lowest BCUT2D eigenvalue weighted by atomic mass is 9.98. The second-order valence-electron chi connectivity index (χ2n) is 7.07. The van der Waals surface area contributed by atoms with Crippen LogP contribution in [0, 0.1) is 6.92 Å². The minimum absolute atomic E-state index is 0.0532. The van der Waals surface area contributed by atoms with Gasteiger partial charge in [0.15, 0.2) is 6.04 Å². The van der Waals surface area contributed by atoms with Crippen LogP contribution in [-0.4, -0.2) is 48.9 Å². The molecule has 5 nitrogen and oxygen atoms in total. The van der Waals surface area contributed by atoms with Gasteiger partial charge in [-0.1, -0.05) is 32.0 Å². The summed E-state index contributed by atoms with van der Waals surface area (Å²) in [6.45, 7) is 13.0. The van der Waals surface area contributed by atoms with Gasteiger partial charge >= 0.3 is 0 Å². The molecule has 5 heteroatoms. The molecule has 2 N–H and O–H groups in total. The summed E-state index contributed by atoms with van der Waals surface area (Å²) < 4.78 is 0. The summed E-state index contributed by atoms with van der Waals surface area (Å²) in [6, 6.07) is 6.02. The van der Waals surface area contributed by atoms with Crippen molar-refractivity contribution in [3.8, 4) is 0 Å². The van der Waals surface area contributed by atoms with Crippen LogP contribution in [0.2, 0.25) is 0 Å². The van der Waals surface area contributed by atoms with Crippen LogP contribution >= 0.6 is 0 Å². The maximum absolute atomic E-state index is 12.7. The van der Waals surface area contributed by atoms with Crippen molar-refractivity contribution in [3.63, 3.8) is 0 Å². The van der Waals surface area contributed by atoms with Gasteiger partial charge in [-0.25, -0.2) is 0 Å². The molecule has 0 saturated carbocycles. The molecule has 1 saturated heterocycles. The molecule has 1 aliphatic heterocycles. The number of amides is 2. The van der Waals surface area contributed by atoms with E-state index in [-0.39, 0.29) is 17.9 Å². The van der Waals surface area contributed by atoms with Gasteiger partial charge in [0.25, 0.3) is 5.91 Å².